The van der Waals surface area contributed by atoms with Crippen LogP contribution in [0.5, 0.6) is 0 Å². The predicted molar refractivity (Wildman–Crippen MR) is 126 cm³/mol. The fraction of sp³-hybridized carbons (Fsp3) is 0.500. The molecule has 2 aliphatic rings. The highest BCUT2D eigenvalue weighted by atomic mass is 35.5. The number of nitrogens with one attached hydrogen (secondary N) is 3. The molecule has 32 heavy (non-hydrogen) atoms. The number of H-pyrrole nitrogens is 1. The molecule has 0 spiro atoms. The van der Waals surface area contributed by atoms with Crippen molar-refractivity contribution >= 4 is 43.1 Å². The zero-order chi connectivity index (χ0) is 23.5. The molecule has 3 N–H and O–H groups in total. The lowest BCUT2D eigenvalue weighted by molar-refractivity contribution is -0.121. The molecule has 0 atom stereocenters. The van der Waals surface area contributed by atoms with E-state index in [0.29, 0.717) is 5.82 Å². The third kappa shape index (κ3) is 3.42. The number of hydrogen-bond donors (Lipinski definition) is 3. The monoisotopic (exact) mass is 477 g/mol. The van der Waals surface area contributed by atoms with E-state index in [9.17, 15) is 14.0 Å². The van der Waals surface area contributed by atoms with Crippen LogP contribution >= 0.6 is 11.6 Å². The number of aromatic nitrogens is 2. The van der Waals surface area contributed by atoms with Crippen LogP contribution in [0.1, 0.15) is 44.4 Å². The van der Waals surface area contributed by atoms with Gasteiger partial charge in [-0.05, 0) is 38.8 Å². The zero-order valence-electron chi connectivity index (χ0n) is 19.0. The van der Waals surface area contributed by atoms with E-state index in [2.05, 4.69) is 40.5 Å². The average Bonchev–Trinajstić information content (AvgIpc) is 3.14. The number of benzene rings is 1. The quantitative estimate of drug-likeness (QED) is 0.494. The van der Waals surface area contributed by atoms with Crippen LogP contribution in [0.2, 0.25) is 29.7 Å². The molecule has 0 bridgehead atoms. The summed E-state index contributed by atoms with van der Waals surface area (Å²) in [5, 5.41) is 12.8. The Morgan fingerprint density at radius 2 is 1.91 bits per heavy atom. The van der Waals surface area contributed by atoms with Gasteiger partial charge >= 0.3 is 6.03 Å². The number of para-hydroxylation sites is 1. The van der Waals surface area contributed by atoms with Crippen LogP contribution < -0.4 is 10.6 Å². The maximum Gasteiger partial charge on any atom is 0.323 e. The highest BCUT2D eigenvalue weighted by Crippen LogP contribution is 2.56. The van der Waals surface area contributed by atoms with Gasteiger partial charge in [0.2, 0.25) is 5.91 Å². The summed E-state index contributed by atoms with van der Waals surface area (Å²) in [6.45, 7) is 10.7. The van der Waals surface area contributed by atoms with E-state index in [1.165, 1.54) is 18.2 Å². The molecule has 172 valence electrons. The van der Waals surface area contributed by atoms with Crippen LogP contribution in [0, 0.1) is 5.82 Å². The van der Waals surface area contributed by atoms with Crippen LogP contribution in [-0.2, 0) is 16.9 Å². The molecule has 1 aromatic carbocycles. The molecule has 7 nitrogen and oxygen atoms in total. The number of rotatable bonds is 4. The number of fused-ring (bicyclic) bond motifs is 1. The van der Waals surface area contributed by atoms with E-state index in [1.54, 1.807) is 4.90 Å². The first kappa shape index (κ1) is 22.8. The van der Waals surface area contributed by atoms with Crippen molar-refractivity contribution in [2.24, 2.45) is 0 Å². The molecule has 4 rings (SSSR count). The molecule has 3 amide bonds. The Kier molecular flexibility index (Phi) is 5.40. The minimum absolute atomic E-state index is 0.0241. The van der Waals surface area contributed by atoms with Crippen molar-refractivity contribution in [2.75, 3.05) is 10.6 Å². The highest BCUT2D eigenvalue weighted by Gasteiger charge is 2.54. The van der Waals surface area contributed by atoms with Crippen molar-refractivity contribution in [2.45, 2.75) is 69.9 Å². The maximum atomic E-state index is 14.2. The summed E-state index contributed by atoms with van der Waals surface area (Å²) in [5.41, 5.74) is 0.723. The van der Waals surface area contributed by atoms with Gasteiger partial charge in [-0.2, -0.15) is 5.10 Å². The number of urea groups is 1. The number of hydrogen-bond acceptors (Lipinski definition) is 3. The molecular weight excluding hydrogens is 449 g/mol. The van der Waals surface area contributed by atoms with Crippen molar-refractivity contribution in [3.8, 4) is 0 Å². The van der Waals surface area contributed by atoms with E-state index >= 15 is 0 Å². The van der Waals surface area contributed by atoms with Gasteiger partial charge in [-0.15, -0.1) is 0 Å². The third-order valence-electron chi connectivity index (χ3n) is 7.22. The molecule has 1 aliphatic heterocycles. The van der Waals surface area contributed by atoms with Gasteiger partial charge in [0.15, 0.2) is 5.82 Å². The summed E-state index contributed by atoms with van der Waals surface area (Å²) in [6, 6.07) is 3.75. The van der Waals surface area contributed by atoms with E-state index in [4.69, 9.17) is 11.6 Å². The molecular formula is C22H29ClFN5O2Si. The largest absolute Gasteiger partial charge is 0.323 e. The Morgan fingerprint density at radius 3 is 2.47 bits per heavy atom. The Labute approximate surface area is 193 Å². The average molecular weight is 478 g/mol. The number of anilines is 2. The predicted octanol–water partition coefficient (Wildman–Crippen LogP) is 5.69. The summed E-state index contributed by atoms with van der Waals surface area (Å²) >= 11 is 6.07. The van der Waals surface area contributed by atoms with Gasteiger partial charge in [0.05, 0.1) is 36.6 Å². The van der Waals surface area contributed by atoms with Crippen LogP contribution in [0.15, 0.2) is 18.2 Å². The van der Waals surface area contributed by atoms with E-state index in [0.717, 1.165) is 30.5 Å². The van der Waals surface area contributed by atoms with E-state index in [1.807, 2.05) is 13.8 Å². The molecule has 1 saturated carbocycles. The highest BCUT2D eigenvalue weighted by molar-refractivity contribution is 6.83. The minimum atomic E-state index is -1.73. The van der Waals surface area contributed by atoms with Crippen molar-refractivity contribution in [3.05, 3.63) is 40.3 Å². The summed E-state index contributed by atoms with van der Waals surface area (Å²) in [6.07, 6.45) is 2.88. The number of aromatic amines is 1. The normalized spacial score (nSPS) is 18.7. The molecule has 0 unspecified atom stereocenters. The fourth-order valence-electron chi connectivity index (χ4n) is 4.81. The van der Waals surface area contributed by atoms with Crippen molar-refractivity contribution in [1.29, 1.82) is 0 Å². The maximum absolute atomic E-state index is 14.2. The van der Waals surface area contributed by atoms with Crippen LogP contribution in [-0.4, -0.2) is 35.1 Å². The van der Waals surface area contributed by atoms with Gasteiger partial charge in [0.25, 0.3) is 0 Å². The first-order chi connectivity index (χ1) is 14.9. The lowest BCUT2D eigenvalue weighted by Crippen LogP contribution is -2.52. The lowest BCUT2D eigenvalue weighted by atomic mass is 9.83. The summed E-state index contributed by atoms with van der Waals surface area (Å²) < 4.78 is 14.2. The first-order valence-electron chi connectivity index (χ1n) is 10.8. The number of halogens is 2. The molecule has 1 fully saturated rings. The minimum Gasteiger partial charge on any atom is -0.309 e. The summed E-state index contributed by atoms with van der Waals surface area (Å²) in [4.78, 5) is 27.9. The number of amides is 3. The lowest BCUT2D eigenvalue weighted by Gasteiger charge is -2.48. The Hall–Kier alpha value is -2.39. The van der Waals surface area contributed by atoms with E-state index in [-0.39, 0.29) is 28.2 Å². The number of carbonyl (C=O) groups excluding carboxylic acids is 2. The second kappa shape index (κ2) is 7.59. The van der Waals surface area contributed by atoms with Gasteiger partial charge < -0.3 is 15.5 Å². The smallest absolute Gasteiger partial charge is 0.309 e. The van der Waals surface area contributed by atoms with Crippen LogP contribution in [0.4, 0.5) is 20.7 Å². The van der Waals surface area contributed by atoms with Gasteiger partial charge in [-0.25, -0.2) is 9.18 Å². The summed E-state index contributed by atoms with van der Waals surface area (Å²) in [5.74, 6) is -0.119. The van der Waals surface area contributed by atoms with Crippen molar-refractivity contribution in [1.82, 2.24) is 15.1 Å². The van der Waals surface area contributed by atoms with Gasteiger partial charge in [0, 0.05) is 10.6 Å². The second-order valence-electron chi connectivity index (χ2n) is 10.2. The first-order valence-corrected chi connectivity index (χ1v) is 14.7. The van der Waals surface area contributed by atoms with Gasteiger partial charge in [-0.3, -0.25) is 9.89 Å². The topological polar surface area (TPSA) is 90.1 Å². The number of nitrogens with zero attached hydrogens (tertiary/aromatic N) is 2. The molecule has 0 saturated heterocycles. The molecule has 2 aromatic rings. The van der Waals surface area contributed by atoms with Crippen LogP contribution in [0.25, 0.3) is 0 Å². The fourth-order valence-corrected chi connectivity index (χ4v) is 7.62. The van der Waals surface area contributed by atoms with Gasteiger partial charge in [0.1, 0.15) is 5.82 Å². The molecule has 1 aromatic heterocycles. The summed E-state index contributed by atoms with van der Waals surface area (Å²) in [7, 11) is -1.73. The SMILES string of the molecule is CC1(C)c2[nH]nc(NC(=O)C3([Si](C)(C)C)CCC3)c2CN1C(=O)Nc1c(F)cccc1Cl. The Balaban J connectivity index is 1.56. The Morgan fingerprint density at radius 1 is 1.22 bits per heavy atom. The van der Waals surface area contributed by atoms with E-state index < -0.39 is 25.5 Å². The van der Waals surface area contributed by atoms with Crippen molar-refractivity contribution < 1.29 is 14.0 Å². The molecule has 10 heteroatoms. The standard InChI is InChI=1S/C22H29ClFN5O2Si/c1-21(2)17-13(12-29(21)20(31)25-16-14(23)8-6-9-15(16)24)18(28-27-17)26-19(30)22(10-7-11-22)32(3,4)5/h6,8-9H,7,10-12H2,1-5H3,(H,25,31)(H2,26,27,28,30). The molecule has 2 heterocycles. The molecule has 0 radical (unpaired) electrons. The van der Waals surface area contributed by atoms with Crippen LogP contribution in [0.3, 0.4) is 0 Å². The van der Waals surface area contributed by atoms with Gasteiger partial charge in [-0.1, -0.05) is 43.7 Å². The Bertz CT molecular complexity index is 1070. The zero-order valence-corrected chi connectivity index (χ0v) is 20.8. The number of carbonyl (C=O) groups is 2. The van der Waals surface area contributed by atoms with Crippen molar-refractivity contribution in [3.63, 3.8) is 0 Å². The molecule has 1 aliphatic carbocycles. The second-order valence-corrected chi connectivity index (χ2v) is 16.1. The third-order valence-corrected chi connectivity index (χ3v) is 11.1.